The van der Waals surface area contributed by atoms with Gasteiger partial charge in [0.2, 0.25) is 11.1 Å². The summed E-state index contributed by atoms with van der Waals surface area (Å²) in [7, 11) is 1.86. The van der Waals surface area contributed by atoms with E-state index in [0.717, 1.165) is 5.82 Å². The fraction of sp³-hybridized carbons (Fsp3) is 0.222. The molecule has 3 N–H and O–H groups in total. The van der Waals surface area contributed by atoms with Crippen LogP contribution in [0.1, 0.15) is 5.82 Å². The van der Waals surface area contributed by atoms with E-state index in [9.17, 15) is 0 Å². The van der Waals surface area contributed by atoms with Crippen LogP contribution >= 0.6 is 11.8 Å². The number of nitrogens with zero attached hydrogens (tertiary/aromatic N) is 9. The van der Waals surface area contributed by atoms with Crippen molar-refractivity contribution in [3.63, 3.8) is 0 Å². The van der Waals surface area contributed by atoms with Crippen LogP contribution in [0.25, 0.3) is 5.95 Å². The highest BCUT2D eigenvalue weighted by molar-refractivity contribution is 7.99. The van der Waals surface area contributed by atoms with Gasteiger partial charge in [0.15, 0.2) is 5.16 Å². The van der Waals surface area contributed by atoms with Gasteiger partial charge in [-0.05, 0) is 18.7 Å². The predicted octanol–water partition coefficient (Wildman–Crippen LogP) is -0.674. The van der Waals surface area contributed by atoms with E-state index in [2.05, 4.69) is 40.7 Å². The van der Waals surface area contributed by atoms with Gasteiger partial charge in [-0.2, -0.15) is 24.7 Å². The Balaban J connectivity index is 1.98. The van der Waals surface area contributed by atoms with Gasteiger partial charge in [0.25, 0.3) is 5.95 Å². The van der Waals surface area contributed by atoms with Crippen LogP contribution in [0.4, 0.5) is 5.95 Å². The Hall–Kier alpha value is -2.60. The number of anilines is 1. The Morgan fingerprint density at radius 3 is 2.71 bits per heavy atom. The zero-order chi connectivity index (χ0) is 14.8. The van der Waals surface area contributed by atoms with Crippen LogP contribution in [0.2, 0.25) is 0 Å². The van der Waals surface area contributed by atoms with Crippen molar-refractivity contribution in [1.29, 1.82) is 0 Å². The summed E-state index contributed by atoms with van der Waals surface area (Å²) < 4.78 is 3.24. The summed E-state index contributed by atoms with van der Waals surface area (Å²) in [6, 6.07) is 0. The lowest BCUT2D eigenvalue weighted by atomic mass is 10.7. The van der Waals surface area contributed by atoms with Gasteiger partial charge in [0, 0.05) is 7.05 Å². The molecule has 0 aliphatic heterocycles. The van der Waals surface area contributed by atoms with Gasteiger partial charge in [0.05, 0.1) is 0 Å². The zero-order valence-corrected chi connectivity index (χ0v) is 12.0. The quantitative estimate of drug-likeness (QED) is 0.471. The third-order valence-corrected chi connectivity index (χ3v) is 3.49. The summed E-state index contributed by atoms with van der Waals surface area (Å²) in [4.78, 5) is 16.4. The smallest absolute Gasteiger partial charge is 0.257 e. The van der Waals surface area contributed by atoms with Gasteiger partial charge < -0.3 is 4.57 Å². The molecule has 3 heterocycles. The molecule has 21 heavy (non-hydrogen) atoms. The average Bonchev–Trinajstić information content (AvgIpc) is 3.13. The Morgan fingerprint density at radius 2 is 2.10 bits per heavy atom. The summed E-state index contributed by atoms with van der Waals surface area (Å²) >= 11 is 1.25. The molecule has 0 unspecified atom stereocenters. The van der Waals surface area contributed by atoms with Crippen molar-refractivity contribution in [2.45, 2.75) is 17.2 Å². The molecule has 0 saturated carbocycles. The van der Waals surface area contributed by atoms with E-state index in [1.807, 2.05) is 18.5 Å². The minimum Gasteiger partial charge on any atom is -0.309 e. The van der Waals surface area contributed by atoms with E-state index in [-0.39, 0.29) is 5.95 Å². The number of rotatable bonds is 4. The molecular formula is C9H11N11S. The highest BCUT2D eigenvalue weighted by atomic mass is 32.2. The lowest BCUT2D eigenvalue weighted by Gasteiger charge is -2.05. The first-order chi connectivity index (χ1) is 10.2. The highest BCUT2D eigenvalue weighted by Crippen LogP contribution is 2.23. The van der Waals surface area contributed by atoms with Crippen molar-refractivity contribution in [2.24, 2.45) is 12.9 Å². The van der Waals surface area contributed by atoms with Crippen LogP contribution in [0.5, 0.6) is 0 Å². The maximum atomic E-state index is 5.38. The molecule has 0 amide bonds. The van der Waals surface area contributed by atoms with Crippen molar-refractivity contribution in [1.82, 2.24) is 44.5 Å². The van der Waals surface area contributed by atoms with Crippen LogP contribution in [-0.4, -0.2) is 44.5 Å². The van der Waals surface area contributed by atoms with Gasteiger partial charge in [0.1, 0.15) is 18.5 Å². The molecule has 0 bridgehead atoms. The van der Waals surface area contributed by atoms with Crippen LogP contribution in [0.15, 0.2) is 23.0 Å². The van der Waals surface area contributed by atoms with E-state index in [0.29, 0.717) is 16.3 Å². The molecule has 0 aliphatic rings. The van der Waals surface area contributed by atoms with E-state index < -0.39 is 0 Å². The molecule has 3 aromatic heterocycles. The molecule has 0 atom stereocenters. The van der Waals surface area contributed by atoms with Gasteiger partial charge in [-0.1, -0.05) is 0 Å². The topological polar surface area (TPSA) is 138 Å². The normalized spacial score (nSPS) is 10.8. The predicted molar refractivity (Wildman–Crippen MR) is 72.4 cm³/mol. The summed E-state index contributed by atoms with van der Waals surface area (Å²) in [6.45, 7) is 1.86. The number of hydrazine groups is 1. The van der Waals surface area contributed by atoms with E-state index in [1.165, 1.54) is 29.1 Å². The van der Waals surface area contributed by atoms with Crippen LogP contribution < -0.4 is 11.3 Å². The summed E-state index contributed by atoms with van der Waals surface area (Å²) in [6.07, 6.45) is 2.87. The van der Waals surface area contributed by atoms with Crippen molar-refractivity contribution in [3.8, 4) is 5.95 Å². The number of hydrogen-bond acceptors (Lipinski definition) is 10. The molecule has 0 aromatic carbocycles. The summed E-state index contributed by atoms with van der Waals surface area (Å²) in [5.74, 6) is 6.69. The fourth-order valence-corrected chi connectivity index (χ4v) is 2.20. The summed E-state index contributed by atoms with van der Waals surface area (Å²) in [5, 5.41) is 13.1. The standard InChI is InChI=1S/C9H11N11S/c1-5-17-18-9(19(5)2)21-8-14-6(16-10)13-7(15-8)20-4-11-3-12-20/h3-4H,10H2,1-2H3,(H,13,14,15,16). The van der Waals surface area contributed by atoms with Crippen LogP contribution in [0.3, 0.4) is 0 Å². The maximum absolute atomic E-state index is 5.38. The second-order valence-electron chi connectivity index (χ2n) is 3.92. The van der Waals surface area contributed by atoms with Crippen LogP contribution in [0, 0.1) is 6.92 Å². The lowest BCUT2D eigenvalue weighted by Crippen LogP contribution is -2.14. The van der Waals surface area contributed by atoms with Crippen molar-refractivity contribution in [2.75, 3.05) is 5.43 Å². The first-order valence-corrected chi connectivity index (χ1v) is 6.60. The molecule has 3 rings (SSSR count). The maximum Gasteiger partial charge on any atom is 0.257 e. The number of aryl methyl sites for hydroxylation is 1. The Bertz CT molecular complexity index is 749. The van der Waals surface area contributed by atoms with Gasteiger partial charge in [-0.25, -0.2) is 10.8 Å². The van der Waals surface area contributed by atoms with Gasteiger partial charge in [-0.15, -0.1) is 10.2 Å². The molecule has 0 aliphatic carbocycles. The fourth-order valence-electron chi connectivity index (χ4n) is 1.43. The molecule has 12 heteroatoms. The second kappa shape index (κ2) is 5.41. The molecule has 3 aromatic rings. The lowest BCUT2D eigenvalue weighted by molar-refractivity contribution is 0.745. The van der Waals surface area contributed by atoms with Crippen molar-refractivity contribution >= 4 is 17.7 Å². The monoisotopic (exact) mass is 305 g/mol. The van der Waals surface area contributed by atoms with E-state index in [4.69, 9.17) is 5.84 Å². The minimum atomic E-state index is 0.219. The third-order valence-electron chi connectivity index (χ3n) is 2.59. The first kappa shape index (κ1) is 13.4. The van der Waals surface area contributed by atoms with Crippen molar-refractivity contribution < 1.29 is 0 Å². The number of nitrogen functional groups attached to an aromatic ring is 1. The zero-order valence-electron chi connectivity index (χ0n) is 11.2. The van der Waals surface area contributed by atoms with Gasteiger partial charge in [-0.3, -0.25) is 5.43 Å². The number of hydrogen-bond donors (Lipinski definition) is 2. The van der Waals surface area contributed by atoms with Crippen molar-refractivity contribution in [3.05, 3.63) is 18.5 Å². The first-order valence-electron chi connectivity index (χ1n) is 5.79. The Labute approximate surface area is 123 Å². The second-order valence-corrected chi connectivity index (χ2v) is 4.85. The largest absolute Gasteiger partial charge is 0.309 e. The molecule has 11 nitrogen and oxygen atoms in total. The van der Waals surface area contributed by atoms with Crippen LogP contribution in [-0.2, 0) is 7.05 Å². The highest BCUT2D eigenvalue weighted by Gasteiger charge is 2.13. The number of aromatic nitrogens is 9. The third kappa shape index (κ3) is 2.66. The molecule has 0 radical (unpaired) electrons. The SMILES string of the molecule is Cc1nnc(Sc2nc(NN)nc(-n3cncn3)n2)n1C. The Kier molecular flexibility index (Phi) is 3.45. The van der Waals surface area contributed by atoms with E-state index in [1.54, 1.807) is 0 Å². The molecule has 0 fully saturated rings. The molecular weight excluding hydrogens is 294 g/mol. The average molecular weight is 305 g/mol. The van der Waals surface area contributed by atoms with Gasteiger partial charge >= 0.3 is 0 Å². The van der Waals surface area contributed by atoms with E-state index >= 15 is 0 Å². The summed E-state index contributed by atoms with van der Waals surface area (Å²) in [5.41, 5.74) is 2.40. The molecule has 0 spiro atoms. The molecule has 0 saturated heterocycles. The molecule has 108 valence electrons. The number of nitrogens with one attached hydrogen (secondary N) is 1. The minimum absolute atomic E-state index is 0.219. The Morgan fingerprint density at radius 1 is 1.24 bits per heavy atom. The number of nitrogens with two attached hydrogens (primary N) is 1.